The number of hydrogen-bond acceptors (Lipinski definition) is 5. The molecule has 6 heteroatoms. The minimum atomic E-state index is -0.172. The number of aromatic nitrogens is 1. The molecule has 1 aromatic heterocycles. The van der Waals surface area contributed by atoms with Gasteiger partial charge in [-0.25, -0.2) is 10.4 Å². The number of nitrogens with zero attached hydrogens (tertiary/aromatic N) is 2. The van der Waals surface area contributed by atoms with Gasteiger partial charge in [-0.2, -0.15) is 5.10 Å². The van der Waals surface area contributed by atoms with E-state index in [0.717, 1.165) is 39.7 Å². The quantitative estimate of drug-likeness (QED) is 0.275. The van der Waals surface area contributed by atoms with Gasteiger partial charge in [0, 0.05) is 17.0 Å². The normalized spacial score (nSPS) is 11.9. The molecule has 0 spiro atoms. The molecule has 4 nitrogen and oxygen atoms in total. The highest BCUT2D eigenvalue weighted by atomic mass is 32.2. The van der Waals surface area contributed by atoms with Gasteiger partial charge in [0.25, 0.3) is 5.91 Å². The minimum Gasteiger partial charge on any atom is -0.267 e. The van der Waals surface area contributed by atoms with Crippen LogP contribution in [-0.2, 0) is 5.75 Å². The van der Waals surface area contributed by atoms with Crippen LogP contribution in [0.5, 0.6) is 0 Å². The zero-order valence-corrected chi connectivity index (χ0v) is 18.1. The first-order valence-electron chi connectivity index (χ1n) is 9.42. The molecule has 0 atom stereocenters. The number of rotatable bonds is 8. The van der Waals surface area contributed by atoms with Crippen molar-refractivity contribution in [3.63, 3.8) is 0 Å². The Morgan fingerprint density at radius 2 is 1.93 bits per heavy atom. The molecule has 0 unspecified atom stereocenters. The van der Waals surface area contributed by atoms with Gasteiger partial charge in [-0.1, -0.05) is 49.9 Å². The van der Waals surface area contributed by atoms with E-state index in [4.69, 9.17) is 0 Å². The fourth-order valence-corrected chi connectivity index (χ4v) is 4.60. The average molecular weight is 412 g/mol. The number of carbonyl (C=O) groups is 1. The Bertz CT molecular complexity index is 928. The lowest BCUT2D eigenvalue weighted by atomic mass is 10.1. The van der Waals surface area contributed by atoms with Crippen LogP contribution >= 0.6 is 23.1 Å². The number of thiazole rings is 1. The Kier molecular flexibility index (Phi) is 7.23. The zero-order valence-electron chi connectivity index (χ0n) is 16.4. The van der Waals surface area contributed by atoms with E-state index in [-0.39, 0.29) is 5.91 Å². The molecule has 1 heterocycles. The van der Waals surface area contributed by atoms with Gasteiger partial charge in [-0.3, -0.25) is 4.79 Å². The fraction of sp³-hybridized carbons (Fsp3) is 0.318. The molecule has 0 aliphatic carbocycles. The number of para-hydroxylation sites is 1. The van der Waals surface area contributed by atoms with E-state index in [0.29, 0.717) is 11.5 Å². The van der Waals surface area contributed by atoms with Crippen molar-refractivity contribution in [1.82, 2.24) is 10.4 Å². The van der Waals surface area contributed by atoms with Crippen molar-refractivity contribution >= 4 is 44.9 Å². The molecule has 0 aliphatic rings. The number of nitrogens with one attached hydrogen (secondary N) is 1. The van der Waals surface area contributed by atoms with Crippen LogP contribution < -0.4 is 5.43 Å². The van der Waals surface area contributed by atoms with Crippen molar-refractivity contribution in [1.29, 1.82) is 0 Å². The van der Waals surface area contributed by atoms with E-state index >= 15 is 0 Å². The third-order valence-electron chi connectivity index (χ3n) is 4.28. The molecule has 3 rings (SSSR count). The van der Waals surface area contributed by atoms with Crippen molar-refractivity contribution in [2.45, 2.75) is 43.7 Å². The Labute approximate surface area is 174 Å². The van der Waals surface area contributed by atoms with E-state index < -0.39 is 0 Å². The van der Waals surface area contributed by atoms with E-state index in [1.165, 1.54) is 4.70 Å². The number of carbonyl (C=O) groups excluding carboxylic acids is 1. The molecule has 0 saturated carbocycles. The van der Waals surface area contributed by atoms with Gasteiger partial charge in [0.05, 0.1) is 10.2 Å². The Morgan fingerprint density at radius 3 is 2.64 bits per heavy atom. The van der Waals surface area contributed by atoms with Crippen LogP contribution in [-0.4, -0.2) is 16.6 Å². The summed E-state index contributed by atoms with van der Waals surface area (Å²) in [4.78, 5) is 16.9. The maximum absolute atomic E-state index is 12.2. The summed E-state index contributed by atoms with van der Waals surface area (Å²) in [5, 5.41) is 4.20. The van der Waals surface area contributed by atoms with Crippen molar-refractivity contribution in [3.8, 4) is 0 Å². The number of thioether (sulfide) groups is 1. The third kappa shape index (κ3) is 5.91. The molecule has 2 aromatic carbocycles. The highest BCUT2D eigenvalue weighted by Gasteiger charge is 2.07. The first kappa shape index (κ1) is 20.6. The van der Waals surface area contributed by atoms with Crippen molar-refractivity contribution in [2.24, 2.45) is 11.0 Å². The number of benzene rings is 2. The summed E-state index contributed by atoms with van der Waals surface area (Å²) >= 11 is 3.43. The maximum atomic E-state index is 12.2. The largest absolute Gasteiger partial charge is 0.271 e. The molecule has 0 fully saturated rings. The monoisotopic (exact) mass is 411 g/mol. The van der Waals surface area contributed by atoms with Gasteiger partial charge >= 0.3 is 0 Å². The van der Waals surface area contributed by atoms with Gasteiger partial charge < -0.3 is 0 Å². The summed E-state index contributed by atoms with van der Waals surface area (Å²) in [6.45, 7) is 6.32. The summed E-state index contributed by atoms with van der Waals surface area (Å²) in [5.41, 5.74) is 6.43. The fourth-order valence-electron chi connectivity index (χ4n) is 2.57. The molecule has 0 saturated heterocycles. The lowest BCUT2D eigenvalue weighted by Gasteiger charge is -2.05. The predicted octanol–water partition coefficient (Wildman–Crippen LogP) is 6.13. The van der Waals surface area contributed by atoms with Gasteiger partial charge in [-0.15, -0.1) is 11.3 Å². The smallest absolute Gasteiger partial charge is 0.267 e. The van der Waals surface area contributed by atoms with E-state index in [2.05, 4.69) is 35.4 Å². The molecule has 28 heavy (non-hydrogen) atoms. The predicted molar refractivity (Wildman–Crippen MR) is 120 cm³/mol. The second kappa shape index (κ2) is 9.85. The lowest BCUT2D eigenvalue weighted by Crippen LogP contribution is -2.19. The summed E-state index contributed by atoms with van der Waals surface area (Å²) in [7, 11) is 0. The summed E-state index contributed by atoms with van der Waals surface area (Å²) < 4.78 is 2.27. The van der Waals surface area contributed by atoms with Gasteiger partial charge in [0.2, 0.25) is 0 Å². The second-order valence-corrected chi connectivity index (χ2v) is 9.41. The third-order valence-corrected chi connectivity index (χ3v) is 6.53. The van der Waals surface area contributed by atoms with Crippen molar-refractivity contribution in [2.75, 3.05) is 0 Å². The molecule has 146 valence electrons. The molecular weight excluding hydrogens is 386 g/mol. The summed E-state index contributed by atoms with van der Waals surface area (Å²) in [5.74, 6) is 1.29. The van der Waals surface area contributed by atoms with Crippen LogP contribution in [0.1, 0.15) is 49.5 Å². The van der Waals surface area contributed by atoms with Crippen LogP contribution in [0, 0.1) is 5.92 Å². The SMILES string of the molecule is C/C(CCC(C)C)=N\NC(=O)c1ccc(CSc2nc3ccccc3s2)cc1. The van der Waals surface area contributed by atoms with Crippen LogP contribution in [0.2, 0.25) is 0 Å². The van der Waals surface area contributed by atoms with Gasteiger partial charge in [0.1, 0.15) is 0 Å². The summed E-state index contributed by atoms with van der Waals surface area (Å²) in [6, 6.07) is 15.9. The van der Waals surface area contributed by atoms with Crippen LogP contribution in [0.15, 0.2) is 58.0 Å². The second-order valence-electron chi connectivity index (χ2n) is 7.15. The molecule has 0 aliphatic heterocycles. The number of fused-ring (bicyclic) bond motifs is 1. The average Bonchev–Trinajstić information content (AvgIpc) is 3.12. The van der Waals surface area contributed by atoms with E-state index in [1.807, 2.05) is 49.4 Å². The molecule has 1 amide bonds. The Hall–Kier alpha value is -2.18. The highest BCUT2D eigenvalue weighted by molar-refractivity contribution is 8.00. The van der Waals surface area contributed by atoms with Crippen LogP contribution in [0.3, 0.4) is 0 Å². The van der Waals surface area contributed by atoms with Crippen molar-refractivity contribution < 1.29 is 4.79 Å². The topological polar surface area (TPSA) is 54.4 Å². The minimum absolute atomic E-state index is 0.172. The van der Waals surface area contributed by atoms with Crippen LogP contribution in [0.4, 0.5) is 0 Å². The van der Waals surface area contributed by atoms with E-state index in [1.54, 1.807) is 23.1 Å². The first-order chi connectivity index (χ1) is 13.5. The molecule has 0 bridgehead atoms. The lowest BCUT2D eigenvalue weighted by molar-refractivity contribution is 0.0954. The zero-order chi connectivity index (χ0) is 19.9. The maximum Gasteiger partial charge on any atom is 0.271 e. The van der Waals surface area contributed by atoms with Crippen LogP contribution in [0.25, 0.3) is 10.2 Å². The molecular formula is C22H25N3OS2. The number of hydrazone groups is 1. The Balaban J connectivity index is 1.52. The molecule has 3 aromatic rings. The summed E-state index contributed by atoms with van der Waals surface area (Å²) in [6.07, 6.45) is 1.98. The molecule has 0 radical (unpaired) electrons. The molecule has 1 N–H and O–H groups in total. The Morgan fingerprint density at radius 1 is 1.18 bits per heavy atom. The first-order valence-corrected chi connectivity index (χ1v) is 11.2. The number of hydrogen-bond donors (Lipinski definition) is 1. The number of amides is 1. The van der Waals surface area contributed by atoms with Crippen molar-refractivity contribution in [3.05, 3.63) is 59.7 Å². The van der Waals surface area contributed by atoms with Gasteiger partial charge in [0.15, 0.2) is 4.34 Å². The standard InChI is InChI=1S/C22H25N3OS2/c1-15(2)8-9-16(3)24-25-21(26)18-12-10-17(11-13-18)14-27-22-23-19-6-4-5-7-20(19)28-22/h4-7,10-13,15H,8-9,14H2,1-3H3,(H,25,26)/b24-16+. The highest BCUT2D eigenvalue weighted by Crippen LogP contribution is 2.31. The van der Waals surface area contributed by atoms with Gasteiger partial charge in [-0.05, 0) is 55.5 Å². The van der Waals surface area contributed by atoms with E-state index in [9.17, 15) is 4.79 Å².